The molecule has 13 nitrogen and oxygen atoms in total. The topological polar surface area (TPSA) is 237 Å². The van der Waals surface area contributed by atoms with Crippen molar-refractivity contribution in [2.75, 3.05) is 5.75 Å². The number of nitrogens with two attached hydrogens (primary N) is 3. The monoisotopic (exact) mass is 448 g/mol. The van der Waals surface area contributed by atoms with E-state index in [9.17, 15) is 28.8 Å². The Hall–Kier alpha value is -2.87. The maximum absolute atomic E-state index is 12.6. The molecule has 170 valence electrons. The van der Waals surface area contributed by atoms with Crippen LogP contribution in [0.4, 0.5) is 0 Å². The van der Waals surface area contributed by atoms with Crippen LogP contribution in [0.5, 0.6) is 0 Å². The van der Waals surface area contributed by atoms with Gasteiger partial charge in [0.1, 0.15) is 18.1 Å². The molecule has 5 amide bonds. The third-order valence-corrected chi connectivity index (χ3v) is 4.26. The molecule has 0 aromatic carbocycles. The van der Waals surface area contributed by atoms with E-state index >= 15 is 0 Å². The van der Waals surface area contributed by atoms with Crippen LogP contribution in [0.25, 0.3) is 0 Å². The highest BCUT2D eigenvalue weighted by molar-refractivity contribution is 7.80. The summed E-state index contributed by atoms with van der Waals surface area (Å²) in [5.41, 5.74) is 15.9. The summed E-state index contributed by atoms with van der Waals surface area (Å²) in [4.78, 5) is 70.6. The molecule has 4 unspecified atom stereocenters. The second-order valence-corrected chi connectivity index (χ2v) is 7.18. The predicted molar refractivity (Wildman–Crippen MR) is 108 cm³/mol. The van der Waals surface area contributed by atoms with Crippen molar-refractivity contribution in [3.63, 3.8) is 0 Å². The summed E-state index contributed by atoms with van der Waals surface area (Å²) in [7, 11) is 0. The number of carboxylic acid groups (broad SMARTS) is 1. The molecule has 0 spiro atoms. The van der Waals surface area contributed by atoms with Crippen LogP contribution in [0.2, 0.25) is 0 Å². The molecule has 0 aliphatic carbocycles. The maximum atomic E-state index is 12.6. The number of carboxylic acids is 1. The Labute approximate surface area is 178 Å². The number of rotatable bonds is 13. The minimum Gasteiger partial charge on any atom is -0.480 e. The summed E-state index contributed by atoms with van der Waals surface area (Å²) in [6, 6.07) is -5.42. The fourth-order valence-electron chi connectivity index (χ4n) is 2.12. The second-order valence-electron chi connectivity index (χ2n) is 6.82. The quantitative estimate of drug-likeness (QED) is 0.130. The van der Waals surface area contributed by atoms with Crippen molar-refractivity contribution in [3.8, 4) is 0 Å². The van der Waals surface area contributed by atoms with E-state index in [2.05, 4.69) is 28.6 Å². The highest BCUT2D eigenvalue weighted by Gasteiger charge is 2.32. The van der Waals surface area contributed by atoms with E-state index in [1.54, 1.807) is 13.8 Å². The number of aliphatic carboxylic acids is 1. The summed E-state index contributed by atoms with van der Waals surface area (Å²) in [5, 5.41) is 15.5. The molecule has 0 saturated heterocycles. The first-order chi connectivity index (χ1) is 13.8. The van der Waals surface area contributed by atoms with Gasteiger partial charge in [-0.3, -0.25) is 24.0 Å². The summed E-state index contributed by atoms with van der Waals surface area (Å²) in [6.07, 6.45) is -1.28. The zero-order valence-electron chi connectivity index (χ0n) is 16.6. The molecule has 10 N–H and O–H groups in total. The number of thiol groups is 1. The lowest BCUT2D eigenvalue weighted by molar-refractivity contribution is -0.142. The van der Waals surface area contributed by atoms with Gasteiger partial charge in [0, 0.05) is 5.75 Å². The first kappa shape index (κ1) is 27.1. The molecule has 0 aliphatic heterocycles. The van der Waals surface area contributed by atoms with E-state index in [-0.39, 0.29) is 11.7 Å². The van der Waals surface area contributed by atoms with E-state index in [4.69, 9.17) is 22.3 Å². The zero-order valence-corrected chi connectivity index (χ0v) is 17.5. The number of nitrogens with one attached hydrogen (secondary N) is 3. The van der Waals surface area contributed by atoms with Crippen LogP contribution in [-0.2, 0) is 28.8 Å². The van der Waals surface area contributed by atoms with Gasteiger partial charge in [0.05, 0.1) is 18.9 Å². The van der Waals surface area contributed by atoms with Gasteiger partial charge >= 0.3 is 5.97 Å². The smallest absolute Gasteiger partial charge is 0.327 e. The summed E-state index contributed by atoms with van der Waals surface area (Å²) >= 11 is 3.80. The molecule has 0 aromatic rings. The van der Waals surface area contributed by atoms with Crippen LogP contribution in [0.15, 0.2) is 0 Å². The first-order valence-corrected chi connectivity index (χ1v) is 9.50. The molecule has 0 aliphatic rings. The van der Waals surface area contributed by atoms with Gasteiger partial charge in [-0.05, 0) is 5.92 Å². The molecule has 0 aromatic heterocycles. The number of primary amides is 2. The predicted octanol–water partition coefficient (Wildman–Crippen LogP) is -3.81. The number of amides is 5. The maximum Gasteiger partial charge on any atom is 0.327 e. The van der Waals surface area contributed by atoms with E-state index in [0.717, 1.165) is 0 Å². The fourth-order valence-corrected chi connectivity index (χ4v) is 2.37. The van der Waals surface area contributed by atoms with Crippen LogP contribution in [0.3, 0.4) is 0 Å². The Morgan fingerprint density at radius 2 is 1.17 bits per heavy atom. The van der Waals surface area contributed by atoms with Gasteiger partial charge in [-0.15, -0.1) is 0 Å². The minimum atomic E-state index is -1.57. The van der Waals surface area contributed by atoms with Crippen LogP contribution in [0, 0.1) is 5.92 Å². The first-order valence-electron chi connectivity index (χ1n) is 8.87. The third-order valence-electron chi connectivity index (χ3n) is 3.89. The Kier molecular flexibility index (Phi) is 11.4. The SMILES string of the molecule is CC(C)C(N)C(=O)NC(CC(N)=O)C(=O)NC(CC(N)=O)C(=O)NC(CS)C(=O)O. The molecule has 4 atom stereocenters. The van der Waals surface area contributed by atoms with E-state index < -0.39 is 72.5 Å². The minimum absolute atomic E-state index is 0.258. The van der Waals surface area contributed by atoms with Crippen molar-refractivity contribution in [1.82, 2.24) is 16.0 Å². The number of carbonyl (C=O) groups is 6. The highest BCUT2D eigenvalue weighted by Crippen LogP contribution is 2.02. The van der Waals surface area contributed by atoms with Crippen molar-refractivity contribution in [3.05, 3.63) is 0 Å². The molecule has 0 rings (SSSR count). The molecule has 30 heavy (non-hydrogen) atoms. The molecule has 0 saturated carbocycles. The van der Waals surface area contributed by atoms with Crippen LogP contribution < -0.4 is 33.2 Å². The van der Waals surface area contributed by atoms with Gasteiger partial charge in [-0.2, -0.15) is 12.6 Å². The molecular formula is C16H28N6O7S. The second kappa shape index (κ2) is 12.6. The number of carbonyl (C=O) groups excluding carboxylic acids is 5. The van der Waals surface area contributed by atoms with Gasteiger partial charge < -0.3 is 38.3 Å². The van der Waals surface area contributed by atoms with Gasteiger partial charge in [-0.1, -0.05) is 13.8 Å². The van der Waals surface area contributed by atoms with Crippen molar-refractivity contribution in [2.24, 2.45) is 23.1 Å². The van der Waals surface area contributed by atoms with Gasteiger partial charge in [0.25, 0.3) is 0 Å². The molecular weight excluding hydrogens is 420 g/mol. The zero-order chi connectivity index (χ0) is 23.6. The van der Waals surface area contributed by atoms with E-state index in [1.165, 1.54) is 0 Å². The Morgan fingerprint density at radius 3 is 1.47 bits per heavy atom. The van der Waals surface area contributed by atoms with Crippen molar-refractivity contribution in [2.45, 2.75) is 50.9 Å². The van der Waals surface area contributed by atoms with Crippen molar-refractivity contribution in [1.29, 1.82) is 0 Å². The summed E-state index contributed by atoms with van der Waals surface area (Å²) < 4.78 is 0. The lowest BCUT2D eigenvalue weighted by Gasteiger charge is -2.24. The highest BCUT2D eigenvalue weighted by atomic mass is 32.1. The largest absolute Gasteiger partial charge is 0.480 e. The Bertz CT molecular complexity index is 687. The molecule has 0 bridgehead atoms. The molecule has 14 heteroatoms. The van der Waals surface area contributed by atoms with Gasteiger partial charge in [0.2, 0.25) is 29.5 Å². The van der Waals surface area contributed by atoms with Crippen molar-refractivity contribution >= 4 is 48.1 Å². The average Bonchev–Trinajstić information content (AvgIpc) is 2.62. The standard InChI is InChI=1S/C16H28N6O7S/c1-6(2)12(19)15(27)21-8(4-11(18)24)13(25)20-7(3-10(17)23)14(26)22-9(5-30)16(28)29/h6-9,12,30H,3-5,19H2,1-2H3,(H2,17,23)(H2,18,24)(H,20,25)(H,21,27)(H,22,26)(H,28,29). The summed E-state index contributed by atoms with van der Waals surface area (Å²) in [5.74, 6) is -6.58. The normalized spacial score (nSPS) is 14.7. The fraction of sp³-hybridized carbons (Fsp3) is 0.625. The molecule has 0 fully saturated rings. The molecule has 0 heterocycles. The summed E-state index contributed by atoms with van der Waals surface area (Å²) in [6.45, 7) is 3.34. The average molecular weight is 449 g/mol. The van der Waals surface area contributed by atoms with Crippen LogP contribution in [-0.4, -0.2) is 70.5 Å². The van der Waals surface area contributed by atoms with Crippen molar-refractivity contribution < 1.29 is 33.9 Å². The van der Waals surface area contributed by atoms with Gasteiger partial charge in [0.15, 0.2) is 0 Å². The Balaban J connectivity index is 5.48. The van der Waals surface area contributed by atoms with Crippen LogP contribution >= 0.6 is 12.6 Å². The number of hydrogen-bond donors (Lipinski definition) is 8. The van der Waals surface area contributed by atoms with Crippen LogP contribution in [0.1, 0.15) is 26.7 Å². The number of hydrogen-bond acceptors (Lipinski definition) is 8. The Morgan fingerprint density at radius 1 is 0.800 bits per heavy atom. The van der Waals surface area contributed by atoms with E-state index in [1.807, 2.05) is 0 Å². The van der Waals surface area contributed by atoms with E-state index in [0.29, 0.717) is 0 Å². The lowest BCUT2D eigenvalue weighted by Crippen LogP contribution is -2.58. The molecule has 0 radical (unpaired) electrons. The van der Waals surface area contributed by atoms with Gasteiger partial charge in [-0.25, -0.2) is 4.79 Å². The third kappa shape index (κ3) is 9.56. The lowest BCUT2D eigenvalue weighted by atomic mass is 10.0.